The number of halogens is 2. The molecule has 6 nitrogen and oxygen atoms in total. The average molecular weight is 383 g/mol. The molecule has 1 aromatic heterocycles. The third-order valence-corrected chi connectivity index (χ3v) is 5.88. The predicted molar refractivity (Wildman–Crippen MR) is 90.3 cm³/mol. The highest BCUT2D eigenvalue weighted by Crippen LogP contribution is 2.35. The minimum absolute atomic E-state index is 0.0118. The van der Waals surface area contributed by atoms with Crippen LogP contribution in [0.2, 0.25) is 10.0 Å². The maximum absolute atomic E-state index is 12.9. The molecule has 3 rings (SSSR count). The van der Waals surface area contributed by atoms with Crippen molar-refractivity contribution in [3.05, 3.63) is 68.8 Å². The molecule has 0 saturated heterocycles. The van der Waals surface area contributed by atoms with Crippen LogP contribution >= 0.6 is 23.2 Å². The Morgan fingerprint density at radius 2 is 1.75 bits per heavy atom. The summed E-state index contributed by atoms with van der Waals surface area (Å²) in [5.74, 6) is 0. The van der Waals surface area contributed by atoms with Crippen molar-refractivity contribution in [2.45, 2.75) is 9.79 Å². The van der Waals surface area contributed by atoms with Crippen molar-refractivity contribution < 1.29 is 13.3 Å². The maximum Gasteiger partial charge on any atom is 0.278 e. The molecule has 0 bridgehead atoms. The van der Waals surface area contributed by atoms with E-state index in [0.29, 0.717) is 5.02 Å². The standard InChI is InChI=1S/C15H8Cl2N2O4S/c16-9-3-5-13(11(17)8-9)24(22,23)14-6-4-12(19(20)21)10-2-1-7-18-15(10)14/h1-8H. The van der Waals surface area contributed by atoms with Gasteiger partial charge < -0.3 is 0 Å². The van der Waals surface area contributed by atoms with Gasteiger partial charge in [-0.25, -0.2) is 8.42 Å². The van der Waals surface area contributed by atoms with E-state index in [9.17, 15) is 18.5 Å². The SMILES string of the molecule is O=[N+]([O-])c1ccc(S(=O)(=O)c2ccc(Cl)cc2Cl)c2ncccc12. The molecule has 0 aliphatic rings. The Bertz CT molecular complexity index is 1080. The maximum atomic E-state index is 12.9. The highest BCUT2D eigenvalue weighted by atomic mass is 35.5. The molecular formula is C15H8Cl2N2O4S. The molecule has 0 saturated carbocycles. The molecule has 0 amide bonds. The molecule has 0 fully saturated rings. The van der Waals surface area contributed by atoms with Gasteiger partial charge in [0, 0.05) is 17.3 Å². The number of nitrogens with zero attached hydrogens (tertiary/aromatic N) is 2. The van der Waals surface area contributed by atoms with Gasteiger partial charge in [-0.1, -0.05) is 23.2 Å². The lowest BCUT2D eigenvalue weighted by molar-refractivity contribution is -0.383. The number of benzene rings is 2. The first-order valence-corrected chi connectivity index (χ1v) is 8.78. The van der Waals surface area contributed by atoms with Gasteiger partial charge in [0.25, 0.3) is 5.69 Å². The van der Waals surface area contributed by atoms with Gasteiger partial charge in [0.2, 0.25) is 9.84 Å². The summed E-state index contributed by atoms with van der Waals surface area (Å²) in [6, 6.07) is 9.26. The minimum Gasteiger partial charge on any atom is -0.258 e. The molecule has 122 valence electrons. The molecule has 0 aliphatic carbocycles. The number of sulfone groups is 1. The monoisotopic (exact) mass is 382 g/mol. The van der Waals surface area contributed by atoms with Gasteiger partial charge in [-0.05, 0) is 36.4 Å². The number of hydrogen-bond donors (Lipinski definition) is 0. The predicted octanol–water partition coefficient (Wildman–Crippen LogP) is 4.28. The van der Waals surface area contributed by atoms with Crippen molar-refractivity contribution in [3.63, 3.8) is 0 Å². The van der Waals surface area contributed by atoms with Crippen LogP contribution in [0.5, 0.6) is 0 Å². The molecular weight excluding hydrogens is 375 g/mol. The molecule has 0 N–H and O–H groups in total. The summed E-state index contributed by atoms with van der Waals surface area (Å²) in [6.45, 7) is 0. The van der Waals surface area contributed by atoms with Gasteiger partial charge in [-0.3, -0.25) is 15.1 Å². The molecule has 2 aromatic carbocycles. The number of nitro benzene ring substituents is 1. The average Bonchev–Trinajstić information content (AvgIpc) is 2.53. The van der Waals surface area contributed by atoms with Crippen LogP contribution in [0.15, 0.2) is 58.5 Å². The van der Waals surface area contributed by atoms with Crippen LogP contribution in [-0.2, 0) is 9.84 Å². The molecule has 1 heterocycles. The Morgan fingerprint density at radius 1 is 1.04 bits per heavy atom. The minimum atomic E-state index is -4.03. The molecule has 0 unspecified atom stereocenters. The zero-order chi connectivity index (χ0) is 17.5. The van der Waals surface area contributed by atoms with Crippen LogP contribution < -0.4 is 0 Å². The number of fused-ring (bicyclic) bond motifs is 1. The normalized spacial score (nSPS) is 11.6. The summed E-state index contributed by atoms with van der Waals surface area (Å²) in [6.07, 6.45) is 1.37. The second-order valence-electron chi connectivity index (χ2n) is 4.82. The fraction of sp³-hybridized carbons (Fsp3) is 0. The lowest BCUT2D eigenvalue weighted by atomic mass is 10.2. The second-order valence-corrected chi connectivity index (χ2v) is 7.55. The molecule has 24 heavy (non-hydrogen) atoms. The number of hydrogen-bond acceptors (Lipinski definition) is 5. The molecule has 0 spiro atoms. The Balaban J connectivity index is 2.34. The second kappa shape index (κ2) is 6.01. The molecule has 0 atom stereocenters. The van der Waals surface area contributed by atoms with Gasteiger partial charge >= 0.3 is 0 Å². The van der Waals surface area contributed by atoms with Crippen molar-refractivity contribution in [3.8, 4) is 0 Å². The fourth-order valence-electron chi connectivity index (χ4n) is 2.32. The quantitative estimate of drug-likeness (QED) is 0.497. The zero-order valence-electron chi connectivity index (χ0n) is 11.8. The van der Waals surface area contributed by atoms with Crippen LogP contribution in [0.1, 0.15) is 0 Å². The van der Waals surface area contributed by atoms with Gasteiger partial charge in [-0.2, -0.15) is 0 Å². The Kier molecular flexibility index (Phi) is 4.16. The Hall–Kier alpha value is -2.22. The molecule has 3 aromatic rings. The number of pyridine rings is 1. The Labute approximate surface area is 146 Å². The lowest BCUT2D eigenvalue weighted by Crippen LogP contribution is -2.05. The highest BCUT2D eigenvalue weighted by molar-refractivity contribution is 7.91. The zero-order valence-corrected chi connectivity index (χ0v) is 14.1. The number of non-ortho nitro benzene ring substituents is 1. The number of nitro groups is 1. The van der Waals surface area contributed by atoms with E-state index in [1.165, 1.54) is 36.5 Å². The van der Waals surface area contributed by atoms with Crippen molar-refractivity contribution in [2.75, 3.05) is 0 Å². The van der Waals surface area contributed by atoms with E-state index in [-0.39, 0.29) is 31.4 Å². The van der Waals surface area contributed by atoms with E-state index in [2.05, 4.69) is 4.98 Å². The van der Waals surface area contributed by atoms with Crippen LogP contribution in [0.25, 0.3) is 10.9 Å². The van der Waals surface area contributed by atoms with Crippen molar-refractivity contribution >= 4 is 49.6 Å². The third kappa shape index (κ3) is 2.71. The fourth-order valence-corrected chi connectivity index (χ4v) is 4.50. The smallest absolute Gasteiger partial charge is 0.258 e. The van der Waals surface area contributed by atoms with Gasteiger partial charge in [0.05, 0.1) is 30.6 Å². The first-order valence-electron chi connectivity index (χ1n) is 6.54. The topological polar surface area (TPSA) is 90.2 Å². The van der Waals surface area contributed by atoms with Crippen LogP contribution in [0, 0.1) is 10.1 Å². The van der Waals surface area contributed by atoms with E-state index in [0.717, 1.165) is 12.1 Å². The summed E-state index contributed by atoms with van der Waals surface area (Å²) in [5, 5.41) is 11.5. The summed E-state index contributed by atoms with van der Waals surface area (Å²) >= 11 is 11.8. The summed E-state index contributed by atoms with van der Waals surface area (Å²) < 4.78 is 25.8. The van der Waals surface area contributed by atoms with Crippen LogP contribution in [-0.4, -0.2) is 18.3 Å². The largest absolute Gasteiger partial charge is 0.278 e. The van der Waals surface area contributed by atoms with Crippen LogP contribution in [0.3, 0.4) is 0 Å². The van der Waals surface area contributed by atoms with E-state index >= 15 is 0 Å². The molecule has 0 aliphatic heterocycles. The van der Waals surface area contributed by atoms with Gasteiger partial charge in [0.15, 0.2) is 0 Å². The van der Waals surface area contributed by atoms with Crippen molar-refractivity contribution in [2.24, 2.45) is 0 Å². The first kappa shape index (κ1) is 16.6. The van der Waals surface area contributed by atoms with E-state index in [4.69, 9.17) is 23.2 Å². The van der Waals surface area contributed by atoms with Crippen molar-refractivity contribution in [1.29, 1.82) is 0 Å². The lowest BCUT2D eigenvalue weighted by Gasteiger charge is -2.09. The van der Waals surface area contributed by atoms with E-state index in [1.807, 2.05) is 0 Å². The van der Waals surface area contributed by atoms with Crippen molar-refractivity contribution in [1.82, 2.24) is 4.98 Å². The molecule has 0 radical (unpaired) electrons. The Morgan fingerprint density at radius 3 is 2.42 bits per heavy atom. The first-order chi connectivity index (χ1) is 11.3. The van der Waals surface area contributed by atoms with Gasteiger partial charge in [-0.15, -0.1) is 0 Å². The third-order valence-electron chi connectivity index (χ3n) is 3.38. The number of rotatable bonds is 3. The van der Waals surface area contributed by atoms with Crippen LogP contribution in [0.4, 0.5) is 5.69 Å². The van der Waals surface area contributed by atoms with E-state index < -0.39 is 14.8 Å². The summed E-state index contributed by atoms with van der Waals surface area (Å²) in [5.41, 5.74) is -0.211. The summed E-state index contributed by atoms with van der Waals surface area (Å²) in [4.78, 5) is 14.2. The van der Waals surface area contributed by atoms with E-state index in [1.54, 1.807) is 0 Å². The molecule has 9 heteroatoms. The van der Waals surface area contributed by atoms with Gasteiger partial charge in [0.1, 0.15) is 0 Å². The number of aromatic nitrogens is 1. The highest BCUT2D eigenvalue weighted by Gasteiger charge is 2.26. The summed E-state index contributed by atoms with van der Waals surface area (Å²) in [7, 11) is -4.03.